The van der Waals surface area contributed by atoms with Gasteiger partial charge in [0.05, 0.1) is 76.0 Å². The minimum atomic E-state index is 0.635. The maximum Gasteiger partial charge on any atom is 0.0829 e. The summed E-state index contributed by atoms with van der Waals surface area (Å²) in [4.78, 5) is 0. The van der Waals surface area contributed by atoms with Gasteiger partial charge in [0, 0.05) is 89.9 Å². The van der Waals surface area contributed by atoms with Gasteiger partial charge >= 0.3 is 0 Å². The first-order chi connectivity index (χ1) is 68.7. The summed E-state index contributed by atoms with van der Waals surface area (Å²) in [6, 6.07) is 0. The molecule has 0 fully saturated rings. The molecule has 27 heteroatoms. The van der Waals surface area contributed by atoms with E-state index in [9.17, 15) is 0 Å². The maximum absolute atomic E-state index is 4.20. The van der Waals surface area contributed by atoms with Crippen LogP contribution in [0.2, 0.25) is 0 Å². The molecule has 0 aliphatic heterocycles. The summed E-state index contributed by atoms with van der Waals surface area (Å²) < 4.78 is 18.2. The number of rotatable bonds is 64. The summed E-state index contributed by atoms with van der Waals surface area (Å²) in [5, 5.41) is 74.4. The Kier molecular flexibility index (Phi) is 77.5. The number of hydrogen-bond acceptors (Lipinski definition) is 18. The van der Waals surface area contributed by atoms with Crippen LogP contribution >= 0.6 is 0 Å². The molecule has 0 N–H and O–H groups in total. The van der Waals surface area contributed by atoms with Crippen molar-refractivity contribution in [2.24, 2.45) is 107 Å². The van der Waals surface area contributed by atoms with Crippen molar-refractivity contribution in [3.05, 3.63) is 107 Å². The van der Waals surface area contributed by atoms with E-state index in [0.29, 0.717) is 23.7 Å². The standard InChI is InChI=1S/C15H29N3.C14H27N3.5C13H25N3.2C12H23N3/c1-13(2)8-5-6-10-15-12-16-17-18(15)11-7-9-14(3)4;1-12(2)7-5-6-8-14-11-15-16-17(14)10-9-13(3)4;1-11(2)6-5-7-13-10-16(15-14-13)9-8-12(3)4;1-11(2)6-5-7-13-10-14-15-16(13)9-8-12(3)4;1-11(2)7-5-6-8-13-9-14-15-16(13)10-12(3)4;1-11(2)7-5-6-8-16-10-13(14-15-16)9-12(3)4;1-11(2)7-5-6-8-13-10-16(15-14-13)9-12(3)4;1-10(2)5-6-12-9-15(14-13-12)8-7-11(3)4;1-10(2)6-5-7-15-9-12(13-14-15)8-11(3)4/h12-14H,5-11H2,1-4H3;11-13H,5-10H2,1-4H3;2*10-12H,5-9H2,1-4H3;9,11-12H,5-8,10H2,1-4H3;2*10-12H,5-9H2,1-4H3;2*9-11H,5-8H2,1-4H3. The molecule has 9 aromatic heterocycles. The highest BCUT2D eigenvalue weighted by Gasteiger charge is 2.15. The number of nitrogens with zero attached hydrogens (tertiary/aromatic N) is 27. The predicted octanol–water partition coefficient (Wildman–Crippen LogP) is 30.1. The molecule has 0 aliphatic carbocycles. The van der Waals surface area contributed by atoms with Crippen LogP contribution in [0.15, 0.2) is 55.8 Å². The van der Waals surface area contributed by atoms with Gasteiger partial charge in [-0.25, -0.2) is 18.7 Å². The van der Waals surface area contributed by atoms with Gasteiger partial charge in [0.1, 0.15) is 0 Å². The van der Waals surface area contributed by atoms with E-state index in [2.05, 4.69) is 392 Å². The molecule has 0 radical (unpaired) electrons. The highest BCUT2D eigenvalue weighted by Crippen LogP contribution is 2.21. The molecule has 0 aromatic carbocycles. The Labute approximate surface area is 889 Å². The number of aryl methyl sites for hydroxylation is 14. The number of hydrogen-bond donors (Lipinski definition) is 0. The summed E-state index contributed by atoms with van der Waals surface area (Å²) in [6.07, 6.45) is 63.1. The van der Waals surface area contributed by atoms with Crippen molar-refractivity contribution in [2.45, 2.75) is 546 Å². The predicted molar refractivity (Wildman–Crippen MR) is 610 cm³/mol. The molecule has 9 aromatic rings. The van der Waals surface area contributed by atoms with Crippen molar-refractivity contribution in [1.82, 2.24) is 135 Å². The Balaban J connectivity index is 0.000000816. The molecule has 0 unspecified atom stereocenters. The van der Waals surface area contributed by atoms with Gasteiger partial charge in [-0.05, 0) is 267 Å². The minimum Gasteiger partial charge on any atom is -0.252 e. The Morgan fingerprint density at radius 2 is 0.400 bits per heavy atom. The number of unbranched alkanes of at least 4 members (excludes halogenated alkanes) is 5. The van der Waals surface area contributed by atoms with Crippen molar-refractivity contribution in [3.8, 4) is 0 Å². The van der Waals surface area contributed by atoms with E-state index < -0.39 is 0 Å². The fourth-order valence-corrected chi connectivity index (χ4v) is 15.8. The molecule has 0 aliphatic rings. The molecule has 0 saturated carbocycles. The lowest BCUT2D eigenvalue weighted by Gasteiger charge is -2.08. The Hall–Kier alpha value is -7.74. The van der Waals surface area contributed by atoms with Gasteiger partial charge in [-0.1, -0.05) is 373 Å². The van der Waals surface area contributed by atoms with E-state index in [0.717, 1.165) is 228 Å². The van der Waals surface area contributed by atoms with Crippen LogP contribution < -0.4 is 0 Å². The monoisotopic (exact) mass is 2020 g/mol. The van der Waals surface area contributed by atoms with Gasteiger partial charge in [-0.3, -0.25) is 23.4 Å². The molecule has 145 heavy (non-hydrogen) atoms. The Morgan fingerprint density at radius 3 is 0.745 bits per heavy atom. The molecule has 27 nitrogen and oxygen atoms in total. The van der Waals surface area contributed by atoms with Crippen molar-refractivity contribution in [1.29, 1.82) is 0 Å². The van der Waals surface area contributed by atoms with E-state index in [1.54, 1.807) is 0 Å². The molecule has 0 saturated heterocycles. The van der Waals surface area contributed by atoms with Gasteiger partial charge in [0.25, 0.3) is 0 Å². The first-order valence-corrected chi connectivity index (χ1v) is 58.7. The van der Waals surface area contributed by atoms with Gasteiger partial charge < -0.3 is 0 Å². The molecule has 0 spiro atoms. The SMILES string of the molecule is CC(C)CCCCc1cn(CC(C)C)nn1.CC(C)CCCCc1cnnn1CC(C)C.CC(C)CCCCc1cnnn1CCC(C)C.CC(C)CCCCc1cnnn1CCCC(C)C.CC(C)CCCCn1cc(CC(C)C)nn1.CC(C)CCCc1cn(CCC(C)C)nn1.CC(C)CCCc1cnnn1CCC(C)C.CC(C)CCCn1cc(CC(C)C)nn1.CC(C)CCc1cn(CCC(C)C)nn1. The van der Waals surface area contributed by atoms with Crippen LogP contribution in [0.4, 0.5) is 0 Å². The zero-order chi connectivity index (χ0) is 108. The summed E-state index contributed by atoms with van der Waals surface area (Å²) in [6.45, 7) is 90.0. The highest BCUT2D eigenvalue weighted by molar-refractivity contribution is 5.00. The molecule has 0 atom stereocenters. The Bertz CT molecular complexity index is 4250. The maximum atomic E-state index is 4.20. The summed E-state index contributed by atoms with van der Waals surface area (Å²) >= 11 is 0. The largest absolute Gasteiger partial charge is 0.252 e. The van der Waals surface area contributed by atoms with Gasteiger partial charge in [0.15, 0.2) is 0 Å². The minimum absolute atomic E-state index is 0.635. The van der Waals surface area contributed by atoms with Gasteiger partial charge in [-0.2, -0.15) is 0 Å². The van der Waals surface area contributed by atoms with Crippen LogP contribution in [-0.4, -0.2) is 135 Å². The van der Waals surface area contributed by atoms with E-state index in [4.69, 9.17) is 0 Å². The normalized spacial score (nSPS) is 11.6. The molecule has 9 heterocycles. The Morgan fingerprint density at radius 1 is 0.166 bits per heavy atom. The number of aromatic nitrogens is 27. The highest BCUT2D eigenvalue weighted by atomic mass is 15.5. The average Bonchev–Trinajstić information content (AvgIpc) is 1.75. The summed E-state index contributed by atoms with van der Waals surface area (Å²) in [5.74, 6) is 13.5. The van der Waals surface area contributed by atoms with Crippen LogP contribution in [0.1, 0.15) is 480 Å². The molecule has 9 rings (SSSR count). The third kappa shape index (κ3) is 78.2. The van der Waals surface area contributed by atoms with Crippen LogP contribution in [0, 0.1) is 107 Å². The summed E-state index contributed by atoms with van der Waals surface area (Å²) in [7, 11) is 0. The fourth-order valence-electron chi connectivity index (χ4n) is 15.8. The zero-order valence-electron chi connectivity index (χ0n) is 101. The van der Waals surface area contributed by atoms with Gasteiger partial charge in [0.2, 0.25) is 0 Å². The second-order valence-corrected chi connectivity index (χ2v) is 49.3. The van der Waals surface area contributed by atoms with Gasteiger partial charge in [-0.15, -0.1) is 45.9 Å². The molecule has 0 bridgehead atoms. The van der Waals surface area contributed by atoms with E-state index in [1.165, 1.54) is 203 Å². The topological polar surface area (TPSA) is 276 Å². The average molecular weight is 2020 g/mol. The van der Waals surface area contributed by atoms with Crippen LogP contribution in [0.3, 0.4) is 0 Å². The quantitative estimate of drug-likeness (QED) is 0.0320. The molecular formula is C118H227N27. The molecule has 834 valence electrons. The van der Waals surface area contributed by atoms with Crippen molar-refractivity contribution >= 4 is 0 Å². The van der Waals surface area contributed by atoms with Crippen LogP contribution in [0.25, 0.3) is 0 Å². The smallest absolute Gasteiger partial charge is 0.0829 e. The summed E-state index contributed by atoms with van der Waals surface area (Å²) in [5.41, 5.74) is 10.9. The van der Waals surface area contributed by atoms with Crippen LogP contribution in [-0.2, 0) is 117 Å². The lowest BCUT2D eigenvalue weighted by molar-refractivity contribution is 0.452. The second kappa shape index (κ2) is 83.0. The third-order valence-corrected chi connectivity index (χ3v) is 24.8. The molecule has 0 amide bonds. The van der Waals surface area contributed by atoms with E-state index in [1.807, 2.05) is 48.2 Å². The van der Waals surface area contributed by atoms with Crippen molar-refractivity contribution in [2.75, 3.05) is 0 Å². The zero-order valence-corrected chi connectivity index (χ0v) is 101. The van der Waals surface area contributed by atoms with Crippen molar-refractivity contribution in [3.63, 3.8) is 0 Å². The van der Waals surface area contributed by atoms with Crippen LogP contribution in [0.5, 0.6) is 0 Å². The third-order valence-electron chi connectivity index (χ3n) is 24.8. The van der Waals surface area contributed by atoms with E-state index in [-0.39, 0.29) is 0 Å². The lowest BCUT2D eigenvalue weighted by atomic mass is 10.0. The lowest BCUT2D eigenvalue weighted by Crippen LogP contribution is -2.10. The van der Waals surface area contributed by atoms with E-state index >= 15 is 0 Å². The second-order valence-electron chi connectivity index (χ2n) is 49.3. The van der Waals surface area contributed by atoms with Crippen molar-refractivity contribution < 1.29 is 0 Å². The first-order valence-electron chi connectivity index (χ1n) is 58.7. The first kappa shape index (κ1) is 135. The molecular weight excluding hydrogens is 1800 g/mol. The fraction of sp³-hybridized carbons (Fsp3) is 0.847.